The molecule has 0 bridgehead atoms. The number of carbonyl (C=O) groups excluding carboxylic acids is 3. The fourth-order valence-electron chi connectivity index (χ4n) is 4.48. The van der Waals surface area contributed by atoms with Crippen LogP contribution in [0.1, 0.15) is 55.7 Å². The van der Waals surface area contributed by atoms with Gasteiger partial charge in [-0.05, 0) is 71.3 Å². The first-order valence-corrected chi connectivity index (χ1v) is 15.1. The van der Waals surface area contributed by atoms with Crippen LogP contribution >= 0.6 is 22.7 Å². The van der Waals surface area contributed by atoms with Crippen molar-refractivity contribution in [1.29, 1.82) is 0 Å². The van der Waals surface area contributed by atoms with Crippen molar-refractivity contribution in [2.24, 2.45) is 5.73 Å². The number of thiophene rings is 2. The molecule has 0 unspecified atom stereocenters. The summed E-state index contributed by atoms with van der Waals surface area (Å²) in [6, 6.07) is 7.17. The highest BCUT2D eigenvalue weighted by Gasteiger charge is 2.37. The van der Waals surface area contributed by atoms with Crippen LogP contribution in [0.15, 0.2) is 48.2 Å². The largest absolute Gasteiger partial charge is 0.342 e. The van der Waals surface area contributed by atoms with Gasteiger partial charge >= 0.3 is 0 Å². The number of carbonyl (C=O) groups is 3. The molecule has 2 aromatic heterocycles. The van der Waals surface area contributed by atoms with Gasteiger partial charge in [-0.25, -0.2) is 0 Å². The third kappa shape index (κ3) is 9.09. The van der Waals surface area contributed by atoms with Crippen molar-refractivity contribution in [3.8, 4) is 0 Å². The van der Waals surface area contributed by atoms with Crippen molar-refractivity contribution in [1.82, 2.24) is 21.3 Å². The summed E-state index contributed by atoms with van der Waals surface area (Å²) in [5.41, 5.74) is 8.95. The zero-order chi connectivity index (χ0) is 29.1. The molecule has 1 atom stereocenters. The summed E-state index contributed by atoms with van der Waals surface area (Å²) >= 11 is 3.34. The van der Waals surface area contributed by atoms with Crippen molar-refractivity contribution in [3.05, 3.63) is 69.8 Å². The summed E-state index contributed by atoms with van der Waals surface area (Å²) in [5.74, 6) is -0.927. The topological polar surface area (TPSA) is 125 Å². The number of hydrogen-bond acceptors (Lipinski definition) is 7. The minimum atomic E-state index is -0.988. The molecule has 222 valence electrons. The van der Waals surface area contributed by atoms with Gasteiger partial charge in [0.25, 0.3) is 0 Å². The Morgan fingerprint density at radius 1 is 1.07 bits per heavy atom. The molecule has 1 aliphatic heterocycles. The van der Waals surface area contributed by atoms with E-state index < -0.39 is 11.6 Å². The number of nitrogens with two attached hydrogens (primary N) is 1. The maximum Gasteiger partial charge on any atom is 0.244 e. The highest BCUT2D eigenvalue weighted by Crippen LogP contribution is 2.27. The zero-order valence-electron chi connectivity index (χ0n) is 23.2. The van der Waals surface area contributed by atoms with Gasteiger partial charge < -0.3 is 27.0 Å². The van der Waals surface area contributed by atoms with Crippen LogP contribution in [0.2, 0.25) is 0 Å². The third-order valence-electron chi connectivity index (χ3n) is 6.86. The molecule has 41 heavy (non-hydrogen) atoms. The summed E-state index contributed by atoms with van der Waals surface area (Å²) in [5, 5.41) is 16.5. The first kappa shape index (κ1) is 33.9. The van der Waals surface area contributed by atoms with E-state index in [0.717, 1.165) is 22.1 Å². The first-order chi connectivity index (χ1) is 19.2. The van der Waals surface area contributed by atoms with E-state index >= 15 is 0 Å². The molecule has 0 aliphatic carbocycles. The second-order valence-corrected chi connectivity index (χ2v) is 11.5. The third-order valence-corrected chi connectivity index (χ3v) is 8.92. The molecule has 3 amide bonds. The average Bonchev–Trinajstić information content (AvgIpc) is 3.56. The molecule has 8 nitrogen and oxygen atoms in total. The quantitative estimate of drug-likeness (QED) is 0.221. The predicted molar refractivity (Wildman–Crippen MR) is 174 cm³/mol. The lowest BCUT2D eigenvalue weighted by Gasteiger charge is -2.33. The van der Waals surface area contributed by atoms with Crippen molar-refractivity contribution in [2.75, 3.05) is 19.8 Å². The molecule has 4 rings (SSSR count). The molecule has 3 heterocycles. The van der Waals surface area contributed by atoms with Crippen molar-refractivity contribution in [3.63, 3.8) is 0 Å². The van der Waals surface area contributed by atoms with E-state index in [4.69, 9.17) is 5.73 Å². The van der Waals surface area contributed by atoms with Crippen molar-refractivity contribution < 1.29 is 14.4 Å². The predicted octanol–water partition coefficient (Wildman–Crippen LogP) is 4.45. The van der Waals surface area contributed by atoms with Gasteiger partial charge in [-0.1, -0.05) is 57.9 Å². The van der Waals surface area contributed by atoms with Crippen molar-refractivity contribution >= 4 is 62.6 Å². The molecule has 0 saturated carbocycles. The van der Waals surface area contributed by atoms with Gasteiger partial charge in [0.1, 0.15) is 6.04 Å². The number of benzene rings is 1. The number of fused-ring (bicyclic) bond motifs is 1. The van der Waals surface area contributed by atoms with Gasteiger partial charge in [0.2, 0.25) is 17.7 Å². The SMILES string of the molecule is C.C=Cc1scc(CC)c1C=C.CC(=O)NCNC(=O)[C@@H](Cc1csc2ccccc12)NC(=O)C1(N)CCNCC1. The van der Waals surface area contributed by atoms with E-state index in [9.17, 15) is 14.4 Å². The Bertz CT molecular complexity index is 1340. The number of rotatable bonds is 10. The van der Waals surface area contributed by atoms with Crippen LogP contribution < -0.4 is 27.0 Å². The summed E-state index contributed by atoms with van der Waals surface area (Å²) in [6.07, 6.45) is 6.25. The summed E-state index contributed by atoms with van der Waals surface area (Å²) in [6.45, 7) is 12.4. The highest BCUT2D eigenvalue weighted by molar-refractivity contribution is 7.17. The number of aryl methyl sites for hydroxylation is 1. The molecule has 3 aromatic rings. The molecular formula is C31H43N5O3S2. The van der Waals surface area contributed by atoms with Gasteiger partial charge in [-0.3, -0.25) is 14.4 Å². The number of amides is 3. The Kier molecular flexibility index (Phi) is 13.4. The molecule has 6 N–H and O–H groups in total. The summed E-state index contributed by atoms with van der Waals surface area (Å²) in [4.78, 5) is 38.0. The maximum absolute atomic E-state index is 12.9. The van der Waals surface area contributed by atoms with Gasteiger partial charge in [0, 0.05) is 22.9 Å². The van der Waals surface area contributed by atoms with Crippen LogP contribution in [0.3, 0.4) is 0 Å². The Morgan fingerprint density at radius 2 is 1.76 bits per heavy atom. The molecule has 1 aromatic carbocycles. The van der Waals surface area contributed by atoms with Gasteiger partial charge in [-0.15, -0.1) is 22.7 Å². The monoisotopic (exact) mass is 597 g/mol. The summed E-state index contributed by atoms with van der Waals surface area (Å²) < 4.78 is 1.12. The molecule has 1 aliphatic rings. The first-order valence-electron chi connectivity index (χ1n) is 13.4. The van der Waals surface area contributed by atoms with Gasteiger partial charge in [-0.2, -0.15) is 0 Å². The minimum absolute atomic E-state index is 0. The summed E-state index contributed by atoms with van der Waals surface area (Å²) in [7, 11) is 0. The standard InChI is InChI=1S/C20H27N5O3S.C10H12S.CH4/c1-13(26)23-12-24-18(27)16(25-19(28)20(21)6-8-22-9-7-20)10-14-11-29-17-5-3-2-4-15(14)17;1-4-8-7-11-10(6-3)9(8)5-2;/h2-5,11,16,22H,6-10,12,21H2,1H3,(H,23,26)(H,24,27)(H,25,28);5-7H,2-4H2,1H3;1H4/t16-;;/m1../s1. The Balaban J connectivity index is 0.000000413. The van der Waals surface area contributed by atoms with E-state index in [1.54, 1.807) is 22.7 Å². The number of hydrogen-bond donors (Lipinski definition) is 5. The average molecular weight is 598 g/mol. The normalized spacial score (nSPS) is 14.4. The zero-order valence-corrected chi connectivity index (χ0v) is 24.8. The Hall–Kier alpha value is -3.31. The second kappa shape index (κ2) is 16.2. The molecular weight excluding hydrogens is 555 g/mol. The second-order valence-electron chi connectivity index (χ2n) is 9.64. The van der Waals surface area contributed by atoms with E-state index in [-0.39, 0.29) is 31.8 Å². The molecule has 0 radical (unpaired) electrons. The fraction of sp³-hybridized carbons (Fsp3) is 0.387. The van der Waals surface area contributed by atoms with Crippen LogP contribution in [0.4, 0.5) is 0 Å². The number of piperidine rings is 1. The van der Waals surface area contributed by atoms with Crippen LogP contribution in [0.25, 0.3) is 22.2 Å². The molecule has 1 saturated heterocycles. The van der Waals surface area contributed by atoms with E-state index in [0.29, 0.717) is 32.4 Å². The van der Waals surface area contributed by atoms with Crippen LogP contribution in [0.5, 0.6) is 0 Å². The number of nitrogens with one attached hydrogen (secondary N) is 4. The van der Waals surface area contributed by atoms with Gasteiger partial charge in [0.15, 0.2) is 0 Å². The molecule has 1 fully saturated rings. The smallest absolute Gasteiger partial charge is 0.244 e. The van der Waals surface area contributed by atoms with Crippen LogP contribution in [0, 0.1) is 0 Å². The lowest BCUT2D eigenvalue weighted by molar-refractivity contribution is -0.132. The fourth-order valence-corrected chi connectivity index (χ4v) is 6.46. The van der Waals surface area contributed by atoms with Crippen LogP contribution in [-0.4, -0.2) is 49.1 Å². The van der Waals surface area contributed by atoms with E-state index in [1.165, 1.54) is 22.9 Å². The van der Waals surface area contributed by atoms with E-state index in [2.05, 4.69) is 46.7 Å². The minimum Gasteiger partial charge on any atom is -0.342 e. The maximum atomic E-state index is 12.9. The van der Waals surface area contributed by atoms with E-state index in [1.807, 2.05) is 41.8 Å². The Morgan fingerprint density at radius 3 is 2.39 bits per heavy atom. The molecule has 10 heteroatoms. The van der Waals surface area contributed by atoms with Crippen molar-refractivity contribution in [2.45, 2.75) is 58.5 Å². The van der Waals surface area contributed by atoms with Crippen LogP contribution in [-0.2, 0) is 27.2 Å². The van der Waals surface area contributed by atoms with Gasteiger partial charge in [0.05, 0.1) is 12.2 Å². The lowest BCUT2D eigenvalue weighted by Crippen LogP contribution is -2.62. The molecule has 0 spiro atoms. The highest BCUT2D eigenvalue weighted by atomic mass is 32.1. The lowest BCUT2D eigenvalue weighted by atomic mass is 9.88. The Labute approximate surface area is 251 Å².